The third kappa shape index (κ3) is 3980. The molecule has 0 aliphatic carbocycles. The first-order valence-corrected chi connectivity index (χ1v) is 4.12. The summed E-state index contributed by atoms with van der Waals surface area (Å²) in [5.74, 6) is 0. The Kier molecular flexibility index (Phi) is 47.7. The van der Waals surface area contributed by atoms with Gasteiger partial charge in [-0.15, -0.1) is 13.2 Å². The van der Waals surface area contributed by atoms with Crippen molar-refractivity contribution in [3.63, 3.8) is 0 Å². The fraction of sp³-hybridized carbons (Fsp3) is 0.692. The van der Waals surface area contributed by atoms with Crippen molar-refractivity contribution in [3.05, 3.63) is 24.3 Å². The minimum atomic E-state index is -0.167. The van der Waals surface area contributed by atoms with Crippen LogP contribution in [-0.2, 0) is 0 Å². The van der Waals surface area contributed by atoms with E-state index >= 15 is 0 Å². The highest BCUT2D eigenvalue weighted by molar-refractivity contribution is 4.79. The lowest BCUT2D eigenvalue weighted by Gasteiger charge is -1.80. The van der Waals surface area contributed by atoms with Gasteiger partial charge in [-0.05, 0) is 41.5 Å². The Balaban J connectivity index is -0.0000000270. The quantitative estimate of drug-likeness (QED) is 0.561. The van der Waals surface area contributed by atoms with Gasteiger partial charge in [0, 0.05) is 6.10 Å². The standard InChI is InChI=1S/2C4H8.C3H8O.2CH4/c2*1-4(2)3;1-3(2)4;;/h2*1H2,2-3H3;3-4H,1-2H3;2*1H4. The lowest BCUT2D eigenvalue weighted by atomic mass is 10.4. The summed E-state index contributed by atoms with van der Waals surface area (Å²) in [5.41, 5.74) is 2.33. The lowest BCUT2D eigenvalue weighted by molar-refractivity contribution is 0.216. The molecule has 14 heavy (non-hydrogen) atoms. The topological polar surface area (TPSA) is 20.2 Å². The van der Waals surface area contributed by atoms with Gasteiger partial charge in [-0.3, -0.25) is 0 Å². The third-order valence-corrected chi connectivity index (χ3v) is 0. The predicted octanol–water partition coefficient (Wildman–Crippen LogP) is 4.82. The molecular weight excluding hydrogens is 172 g/mol. The Morgan fingerprint density at radius 2 is 0.857 bits per heavy atom. The molecule has 1 heteroatoms. The Labute approximate surface area is 92.6 Å². The zero-order chi connectivity index (χ0) is 10.7. The van der Waals surface area contributed by atoms with Crippen molar-refractivity contribution in [1.29, 1.82) is 0 Å². The van der Waals surface area contributed by atoms with E-state index in [4.69, 9.17) is 5.11 Å². The van der Waals surface area contributed by atoms with Crippen LogP contribution in [0, 0.1) is 0 Å². The zero-order valence-electron chi connectivity index (χ0n) is 9.44. The second-order valence-electron chi connectivity index (χ2n) is 3.51. The molecular formula is C13H32O. The molecule has 0 aliphatic rings. The summed E-state index contributed by atoms with van der Waals surface area (Å²) in [6, 6.07) is 0. The highest BCUT2D eigenvalue weighted by Crippen LogP contribution is 1.74. The molecule has 0 heterocycles. The van der Waals surface area contributed by atoms with Gasteiger partial charge in [-0.1, -0.05) is 26.0 Å². The van der Waals surface area contributed by atoms with E-state index in [1.165, 1.54) is 11.1 Å². The van der Waals surface area contributed by atoms with E-state index in [-0.39, 0.29) is 21.0 Å². The summed E-state index contributed by atoms with van der Waals surface area (Å²) in [6.45, 7) is 18.4. The maximum Gasteiger partial charge on any atom is 0.0483 e. The molecule has 0 aliphatic heterocycles. The van der Waals surface area contributed by atoms with Gasteiger partial charge in [-0.25, -0.2) is 0 Å². The van der Waals surface area contributed by atoms with Crippen LogP contribution in [0.4, 0.5) is 0 Å². The molecule has 0 rings (SSSR count). The average molecular weight is 204 g/mol. The van der Waals surface area contributed by atoms with Crippen LogP contribution >= 0.6 is 0 Å². The first-order valence-electron chi connectivity index (χ1n) is 4.12. The summed E-state index contributed by atoms with van der Waals surface area (Å²) < 4.78 is 0. The van der Waals surface area contributed by atoms with Gasteiger partial charge in [-0.2, -0.15) is 0 Å². The van der Waals surface area contributed by atoms with Crippen LogP contribution in [0.15, 0.2) is 24.3 Å². The number of aliphatic hydroxyl groups is 1. The van der Waals surface area contributed by atoms with E-state index in [2.05, 4.69) is 13.2 Å². The monoisotopic (exact) mass is 204 g/mol. The molecule has 0 amide bonds. The molecule has 0 saturated heterocycles. The maximum absolute atomic E-state index is 8.06. The van der Waals surface area contributed by atoms with Gasteiger partial charge in [0.25, 0.3) is 0 Å². The van der Waals surface area contributed by atoms with Crippen LogP contribution in [0.2, 0.25) is 0 Å². The smallest absolute Gasteiger partial charge is 0.0483 e. The summed E-state index contributed by atoms with van der Waals surface area (Å²) in [7, 11) is 0. The van der Waals surface area contributed by atoms with Crippen molar-refractivity contribution in [3.8, 4) is 0 Å². The lowest BCUT2D eigenvalue weighted by Crippen LogP contribution is -1.85. The van der Waals surface area contributed by atoms with Crippen LogP contribution in [0.25, 0.3) is 0 Å². The van der Waals surface area contributed by atoms with Crippen LogP contribution in [0.5, 0.6) is 0 Å². The molecule has 0 spiro atoms. The van der Waals surface area contributed by atoms with Gasteiger partial charge in [0.15, 0.2) is 0 Å². The van der Waals surface area contributed by atoms with E-state index in [1.54, 1.807) is 13.8 Å². The van der Waals surface area contributed by atoms with Crippen molar-refractivity contribution < 1.29 is 5.11 Å². The molecule has 0 bridgehead atoms. The summed E-state index contributed by atoms with van der Waals surface area (Å²) in [6.07, 6.45) is -0.167. The predicted molar refractivity (Wildman–Crippen MR) is 71.8 cm³/mol. The fourth-order valence-corrected chi connectivity index (χ4v) is 0. The van der Waals surface area contributed by atoms with Gasteiger partial charge in [0.2, 0.25) is 0 Å². The van der Waals surface area contributed by atoms with E-state index < -0.39 is 0 Å². The first-order chi connectivity index (χ1) is 5.20. The molecule has 0 unspecified atom stereocenters. The molecule has 90 valence electrons. The number of rotatable bonds is 0. The van der Waals surface area contributed by atoms with E-state index in [9.17, 15) is 0 Å². The van der Waals surface area contributed by atoms with E-state index in [0.29, 0.717) is 0 Å². The molecule has 0 aromatic heterocycles. The molecule has 0 fully saturated rings. The third-order valence-electron chi connectivity index (χ3n) is 0. The number of allylic oxidation sites excluding steroid dienone is 2. The van der Waals surface area contributed by atoms with Gasteiger partial charge in [0.05, 0.1) is 0 Å². The largest absolute Gasteiger partial charge is 0.394 e. The van der Waals surface area contributed by atoms with Crippen LogP contribution in [0.1, 0.15) is 56.4 Å². The summed E-state index contributed by atoms with van der Waals surface area (Å²) in [4.78, 5) is 0. The normalized spacial score (nSPS) is 6.29. The molecule has 0 aromatic rings. The Morgan fingerprint density at radius 1 is 0.857 bits per heavy atom. The van der Waals surface area contributed by atoms with Crippen molar-refractivity contribution >= 4 is 0 Å². The summed E-state index contributed by atoms with van der Waals surface area (Å²) in [5, 5.41) is 8.06. The Bertz CT molecular complexity index is 89.6. The van der Waals surface area contributed by atoms with E-state index in [1.807, 2.05) is 27.7 Å². The van der Waals surface area contributed by atoms with Crippen LogP contribution < -0.4 is 0 Å². The van der Waals surface area contributed by atoms with Gasteiger partial charge >= 0.3 is 0 Å². The highest BCUT2D eigenvalue weighted by atomic mass is 16.3. The fourth-order valence-electron chi connectivity index (χ4n) is 0. The molecule has 1 nitrogen and oxygen atoms in total. The van der Waals surface area contributed by atoms with Crippen molar-refractivity contribution in [1.82, 2.24) is 0 Å². The molecule has 0 atom stereocenters. The van der Waals surface area contributed by atoms with Crippen LogP contribution in [-0.4, -0.2) is 11.2 Å². The Morgan fingerprint density at radius 3 is 0.857 bits per heavy atom. The minimum absolute atomic E-state index is 0. The number of hydrogen-bond donors (Lipinski definition) is 1. The van der Waals surface area contributed by atoms with Gasteiger partial charge < -0.3 is 5.11 Å². The number of hydrogen-bond acceptors (Lipinski definition) is 1. The van der Waals surface area contributed by atoms with E-state index in [0.717, 1.165) is 0 Å². The molecule has 0 aromatic carbocycles. The van der Waals surface area contributed by atoms with Crippen molar-refractivity contribution in [2.45, 2.75) is 62.5 Å². The molecule has 1 N–H and O–H groups in total. The zero-order valence-corrected chi connectivity index (χ0v) is 9.44. The second-order valence-corrected chi connectivity index (χ2v) is 3.51. The molecule has 0 radical (unpaired) electrons. The number of aliphatic hydroxyl groups excluding tert-OH is 1. The SMILES string of the molecule is C.C.C=C(C)C.C=C(C)C.CC(C)O. The summed E-state index contributed by atoms with van der Waals surface area (Å²) >= 11 is 0. The van der Waals surface area contributed by atoms with Crippen LogP contribution in [0.3, 0.4) is 0 Å². The van der Waals surface area contributed by atoms with Gasteiger partial charge in [0.1, 0.15) is 0 Å². The van der Waals surface area contributed by atoms with Crippen molar-refractivity contribution in [2.24, 2.45) is 0 Å². The minimum Gasteiger partial charge on any atom is -0.394 e. The average Bonchev–Trinajstić information content (AvgIpc) is 1.54. The second kappa shape index (κ2) is 22.9. The highest BCUT2D eigenvalue weighted by Gasteiger charge is 1.69. The Hall–Kier alpha value is -0.560. The maximum atomic E-state index is 8.06. The molecule has 0 saturated carbocycles. The van der Waals surface area contributed by atoms with Crippen molar-refractivity contribution in [2.75, 3.05) is 0 Å². The first kappa shape index (κ1) is 29.2.